The monoisotopic (exact) mass is 250 g/mol. The highest BCUT2D eigenvalue weighted by Gasteiger charge is 2.40. The zero-order valence-electron chi connectivity index (χ0n) is 11.8. The molecule has 0 N–H and O–H groups in total. The highest BCUT2D eigenvalue weighted by atomic mass is 16.5. The predicted molar refractivity (Wildman–Crippen MR) is 72.2 cm³/mol. The van der Waals surface area contributed by atoms with Crippen molar-refractivity contribution in [2.75, 3.05) is 13.2 Å². The van der Waals surface area contributed by atoms with Gasteiger partial charge in [-0.25, -0.2) is 0 Å². The minimum absolute atomic E-state index is 0.143. The van der Waals surface area contributed by atoms with Gasteiger partial charge in [-0.05, 0) is 39.5 Å². The van der Waals surface area contributed by atoms with Crippen molar-refractivity contribution in [3.05, 3.63) is 0 Å². The van der Waals surface area contributed by atoms with Crippen molar-refractivity contribution in [1.29, 1.82) is 5.26 Å². The first-order valence-corrected chi connectivity index (χ1v) is 7.43. The van der Waals surface area contributed by atoms with E-state index in [0.29, 0.717) is 18.6 Å². The fourth-order valence-corrected chi connectivity index (χ4v) is 3.64. The summed E-state index contributed by atoms with van der Waals surface area (Å²) in [7, 11) is 0. The van der Waals surface area contributed by atoms with E-state index in [1.807, 2.05) is 0 Å². The molecule has 2 fully saturated rings. The first-order chi connectivity index (χ1) is 8.67. The van der Waals surface area contributed by atoms with Crippen LogP contribution in [-0.4, -0.2) is 35.7 Å². The third-order valence-corrected chi connectivity index (χ3v) is 4.62. The van der Waals surface area contributed by atoms with Gasteiger partial charge < -0.3 is 4.74 Å². The smallest absolute Gasteiger partial charge is 0.0870 e. The zero-order chi connectivity index (χ0) is 13.0. The van der Waals surface area contributed by atoms with Gasteiger partial charge in [0, 0.05) is 18.7 Å². The lowest BCUT2D eigenvalue weighted by atomic mass is 9.77. The second kappa shape index (κ2) is 6.04. The van der Waals surface area contributed by atoms with E-state index in [1.165, 1.54) is 32.1 Å². The van der Waals surface area contributed by atoms with E-state index in [9.17, 15) is 0 Å². The van der Waals surface area contributed by atoms with Crippen molar-refractivity contribution in [3.63, 3.8) is 0 Å². The maximum Gasteiger partial charge on any atom is 0.0870 e. The fourth-order valence-electron chi connectivity index (χ4n) is 3.64. The Bertz CT molecular complexity index is 297. The van der Waals surface area contributed by atoms with Gasteiger partial charge in [0.05, 0.1) is 18.2 Å². The van der Waals surface area contributed by atoms with Crippen molar-refractivity contribution < 1.29 is 4.74 Å². The van der Waals surface area contributed by atoms with Gasteiger partial charge in [-0.3, -0.25) is 4.90 Å². The molecule has 1 spiro atoms. The summed E-state index contributed by atoms with van der Waals surface area (Å²) in [5.41, 5.74) is 0.143. The highest BCUT2D eigenvalue weighted by molar-refractivity contribution is 4.95. The molecule has 0 bridgehead atoms. The second-order valence-corrected chi connectivity index (χ2v) is 6.16. The number of rotatable bonds is 3. The summed E-state index contributed by atoms with van der Waals surface area (Å²) in [4.78, 5) is 2.36. The van der Waals surface area contributed by atoms with Crippen LogP contribution in [0.15, 0.2) is 0 Å². The summed E-state index contributed by atoms with van der Waals surface area (Å²) in [5.74, 6) is 0. The van der Waals surface area contributed by atoms with E-state index < -0.39 is 0 Å². The molecule has 1 saturated heterocycles. The maximum absolute atomic E-state index is 9.00. The standard InChI is InChI=1S/C15H26N2O/c1-13(2)17(10-9-16)14-6-11-18-15(12-14)7-4-3-5-8-15/h13-14H,3-8,10-12H2,1-2H3. The van der Waals surface area contributed by atoms with Gasteiger partial charge in [-0.2, -0.15) is 5.26 Å². The lowest BCUT2D eigenvalue weighted by Crippen LogP contribution is -2.51. The van der Waals surface area contributed by atoms with Crippen LogP contribution in [0, 0.1) is 11.3 Å². The number of hydrogen-bond acceptors (Lipinski definition) is 3. The average molecular weight is 250 g/mol. The van der Waals surface area contributed by atoms with E-state index in [0.717, 1.165) is 19.4 Å². The largest absolute Gasteiger partial charge is 0.375 e. The third-order valence-electron chi connectivity index (χ3n) is 4.62. The minimum atomic E-state index is 0.143. The summed E-state index contributed by atoms with van der Waals surface area (Å²) >= 11 is 0. The van der Waals surface area contributed by atoms with E-state index in [-0.39, 0.29) is 5.60 Å². The normalized spacial score (nSPS) is 27.6. The van der Waals surface area contributed by atoms with Crippen LogP contribution in [0.4, 0.5) is 0 Å². The topological polar surface area (TPSA) is 36.3 Å². The van der Waals surface area contributed by atoms with Crippen LogP contribution in [0.2, 0.25) is 0 Å². The molecular weight excluding hydrogens is 224 g/mol. The highest BCUT2D eigenvalue weighted by Crippen LogP contribution is 2.40. The summed E-state index contributed by atoms with van der Waals surface area (Å²) in [6.07, 6.45) is 8.65. The van der Waals surface area contributed by atoms with Gasteiger partial charge in [0.15, 0.2) is 0 Å². The molecule has 1 saturated carbocycles. The van der Waals surface area contributed by atoms with Gasteiger partial charge >= 0.3 is 0 Å². The lowest BCUT2D eigenvalue weighted by molar-refractivity contribution is -0.125. The molecule has 1 heterocycles. The SMILES string of the molecule is CC(C)N(CC#N)C1CCOC2(CCCCC2)C1. The Hall–Kier alpha value is -0.590. The Morgan fingerprint density at radius 1 is 1.33 bits per heavy atom. The van der Waals surface area contributed by atoms with Crippen LogP contribution in [0.3, 0.4) is 0 Å². The number of nitrogens with zero attached hydrogens (tertiary/aromatic N) is 2. The van der Waals surface area contributed by atoms with Gasteiger partial charge in [-0.1, -0.05) is 19.3 Å². The molecule has 1 unspecified atom stereocenters. The second-order valence-electron chi connectivity index (χ2n) is 6.16. The van der Waals surface area contributed by atoms with Crippen molar-refractivity contribution in [2.24, 2.45) is 0 Å². The van der Waals surface area contributed by atoms with Crippen LogP contribution in [-0.2, 0) is 4.74 Å². The van der Waals surface area contributed by atoms with Gasteiger partial charge in [0.1, 0.15) is 0 Å². The van der Waals surface area contributed by atoms with Crippen LogP contribution in [0.5, 0.6) is 0 Å². The van der Waals surface area contributed by atoms with Crippen LogP contribution >= 0.6 is 0 Å². The lowest BCUT2D eigenvalue weighted by Gasteiger charge is -2.47. The number of ether oxygens (including phenoxy) is 1. The molecule has 2 rings (SSSR count). The molecule has 1 atom stereocenters. The first-order valence-electron chi connectivity index (χ1n) is 7.43. The van der Waals surface area contributed by atoms with Crippen molar-refractivity contribution in [1.82, 2.24) is 4.90 Å². The van der Waals surface area contributed by atoms with E-state index >= 15 is 0 Å². The van der Waals surface area contributed by atoms with Crippen LogP contribution < -0.4 is 0 Å². The van der Waals surface area contributed by atoms with Gasteiger partial charge in [0.2, 0.25) is 0 Å². The Kier molecular flexibility index (Phi) is 4.64. The molecule has 1 aliphatic heterocycles. The van der Waals surface area contributed by atoms with Crippen LogP contribution in [0.25, 0.3) is 0 Å². The predicted octanol–water partition coefficient (Wildman–Crippen LogP) is 3.10. The Labute approximate surface area is 111 Å². The van der Waals surface area contributed by atoms with Crippen molar-refractivity contribution in [2.45, 2.75) is 76.5 Å². The molecule has 0 amide bonds. The molecule has 0 aromatic heterocycles. The number of nitriles is 1. The molecule has 18 heavy (non-hydrogen) atoms. The molecule has 0 aromatic carbocycles. The molecule has 3 heteroatoms. The Morgan fingerprint density at radius 3 is 2.67 bits per heavy atom. The van der Waals surface area contributed by atoms with Crippen LogP contribution in [0.1, 0.15) is 58.8 Å². The van der Waals surface area contributed by atoms with Gasteiger partial charge in [-0.15, -0.1) is 0 Å². The molecule has 0 radical (unpaired) electrons. The molecule has 2 aliphatic rings. The summed E-state index contributed by atoms with van der Waals surface area (Å²) in [6, 6.07) is 3.31. The molecule has 3 nitrogen and oxygen atoms in total. The summed E-state index contributed by atoms with van der Waals surface area (Å²) in [5, 5.41) is 9.00. The molecule has 102 valence electrons. The first kappa shape index (κ1) is 13.8. The fraction of sp³-hybridized carbons (Fsp3) is 0.933. The summed E-state index contributed by atoms with van der Waals surface area (Å²) in [6.45, 7) is 5.82. The quantitative estimate of drug-likeness (QED) is 0.722. The van der Waals surface area contributed by atoms with Crippen molar-refractivity contribution in [3.8, 4) is 6.07 Å². The summed E-state index contributed by atoms with van der Waals surface area (Å²) < 4.78 is 6.14. The third kappa shape index (κ3) is 3.05. The average Bonchev–Trinajstić information content (AvgIpc) is 2.36. The molecule has 1 aliphatic carbocycles. The molecule has 0 aromatic rings. The Balaban J connectivity index is 2.02. The van der Waals surface area contributed by atoms with E-state index in [4.69, 9.17) is 10.00 Å². The number of hydrogen-bond donors (Lipinski definition) is 0. The Morgan fingerprint density at radius 2 is 2.06 bits per heavy atom. The zero-order valence-corrected chi connectivity index (χ0v) is 11.8. The minimum Gasteiger partial charge on any atom is -0.375 e. The molecular formula is C15H26N2O. The van der Waals surface area contributed by atoms with Crippen molar-refractivity contribution >= 4 is 0 Å². The van der Waals surface area contributed by atoms with E-state index in [1.54, 1.807) is 0 Å². The van der Waals surface area contributed by atoms with Gasteiger partial charge in [0.25, 0.3) is 0 Å². The van der Waals surface area contributed by atoms with E-state index in [2.05, 4.69) is 24.8 Å². The maximum atomic E-state index is 9.00.